The van der Waals surface area contributed by atoms with E-state index in [1.54, 1.807) is 6.20 Å². The average Bonchev–Trinajstić information content (AvgIpc) is 3.53. The predicted molar refractivity (Wildman–Crippen MR) is 187 cm³/mol. The Morgan fingerprint density at radius 3 is 1.83 bits per heavy atom. The number of hydrogen-bond donors (Lipinski definition) is 0. The van der Waals surface area contributed by atoms with Crippen LogP contribution in [0.4, 0.5) is 0 Å². The molecule has 5 aromatic carbocycles. The lowest BCUT2D eigenvalue weighted by Gasteiger charge is -2.10. The van der Waals surface area contributed by atoms with Crippen molar-refractivity contribution in [1.82, 2.24) is 24.9 Å². The van der Waals surface area contributed by atoms with Crippen molar-refractivity contribution in [3.63, 3.8) is 0 Å². The fourth-order valence-corrected chi connectivity index (χ4v) is 6.07. The summed E-state index contributed by atoms with van der Waals surface area (Å²) in [4.78, 5) is 24.4. The largest absolute Gasteiger partial charge is 0.456 e. The molecule has 0 aliphatic carbocycles. The zero-order valence-corrected chi connectivity index (χ0v) is 25.1. The van der Waals surface area contributed by atoms with Crippen molar-refractivity contribution in [2.75, 3.05) is 0 Å². The summed E-state index contributed by atoms with van der Waals surface area (Å²) in [7, 11) is 0. The van der Waals surface area contributed by atoms with Crippen LogP contribution in [-0.4, -0.2) is 24.9 Å². The van der Waals surface area contributed by atoms with Crippen LogP contribution in [0.1, 0.15) is 0 Å². The number of aromatic nitrogens is 5. The monoisotopic (exact) mass is 603 g/mol. The molecule has 4 heterocycles. The number of pyridine rings is 2. The van der Waals surface area contributed by atoms with Crippen LogP contribution >= 0.6 is 0 Å². The molecule has 6 heteroatoms. The summed E-state index contributed by atoms with van der Waals surface area (Å²) < 4.78 is 6.30. The van der Waals surface area contributed by atoms with Gasteiger partial charge in [0.25, 0.3) is 0 Å². The standard InChI is InChI=1S/C41H25N5O/c1-3-11-27(12-4-1)39-44-40(28-13-5-2-6-14-28)46-41(45-39)31-16-9-15-29(24-31)30-19-21-35-32(25-30)37-36(47-35)22-23-42-38(37)34-20-18-26-10-7-8-17-33(26)43-34/h1-25H. The van der Waals surface area contributed by atoms with Gasteiger partial charge in [-0.05, 0) is 47.5 Å². The van der Waals surface area contributed by atoms with Crippen molar-refractivity contribution in [2.24, 2.45) is 0 Å². The van der Waals surface area contributed by atoms with E-state index in [-0.39, 0.29) is 0 Å². The van der Waals surface area contributed by atoms with E-state index in [4.69, 9.17) is 29.3 Å². The van der Waals surface area contributed by atoms with Gasteiger partial charge in [0.2, 0.25) is 0 Å². The second-order valence-electron chi connectivity index (χ2n) is 11.4. The van der Waals surface area contributed by atoms with Crippen LogP contribution in [0.3, 0.4) is 0 Å². The normalized spacial score (nSPS) is 11.4. The number of furan rings is 1. The van der Waals surface area contributed by atoms with Crippen LogP contribution in [0, 0.1) is 0 Å². The molecule has 9 rings (SSSR count). The lowest BCUT2D eigenvalue weighted by atomic mass is 10.00. The van der Waals surface area contributed by atoms with Gasteiger partial charge in [-0.3, -0.25) is 4.98 Å². The van der Waals surface area contributed by atoms with E-state index in [1.165, 1.54) is 0 Å². The molecule has 0 aliphatic rings. The predicted octanol–water partition coefficient (Wildman–Crippen LogP) is 10.0. The van der Waals surface area contributed by atoms with Crippen LogP contribution in [0.25, 0.3) is 89.5 Å². The Balaban J connectivity index is 1.17. The lowest BCUT2D eigenvalue weighted by molar-refractivity contribution is 0.668. The maximum absolute atomic E-state index is 6.30. The number of nitrogens with zero attached hydrogens (tertiary/aromatic N) is 5. The van der Waals surface area contributed by atoms with Crippen molar-refractivity contribution in [3.05, 3.63) is 152 Å². The second-order valence-corrected chi connectivity index (χ2v) is 11.4. The van der Waals surface area contributed by atoms with E-state index in [1.807, 2.05) is 109 Å². The highest BCUT2D eigenvalue weighted by Gasteiger charge is 2.17. The minimum Gasteiger partial charge on any atom is -0.456 e. The molecule has 0 spiro atoms. The summed E-state index contributed by atoms with van der Waals surface area (Å²) in [5.41, 5.74) is 8.97. The third-order valence-electron chi connectivity index (χ3n) is 8.38. The summed E-state index contributed by atoms with van der Waals surface area (Å²) in [6.07, 6.45) is 1.78. The topological polar surface area (TPSA) is 77.6 Å². The number of benzene rings is 5. The van der Waals surface area contributed by atoms with Gasteiger partial charge < -0.3 is 4.42 Å². The molecule has 0 fully saturated rings. The summed E-state index contributed by atoms with van der Waals surface area (Å²) in [6.45, 7) is 0. The van der Waals surface area contributed by atoms with Gasteiger partial charge in [-0.15, -0.1) is 0 Å². The number of para-hydroxylation sites is 1. The lowest BCUT2D eigenvalue weighted by Crippen LogP contribution is -2.00. The third kappa shape index (κ3) is 4.89. The fraction of sp³-hybridized carbons (Fsp3) is 0. The molecule has 6 nitrogen and oxygen atoms in total. The number of fused-ring (bicyclic) bond motifs is 4. The van der Waals surface area contributed by atoms with E-state index in [0.717, 1.165) is 72.0 Å². The van der Waals surface area contributed by atoms with Crippen molar-refractivity contribution < 1.29 is 4.42 Å². The molecule has 0 N–H and O–H groups in total. The molecule has 0 saturated heterocycles. The SMILES string of the molecule is c1ccc(-c2nc(-c3ccccc3)nc(-c3cccc(-c4ccc5oc6ccnc(-c7ccc8ccccc8n7)c6c5c4)c3)n2)cc1. The van der Waals surface area contributed by atoms with Crippen molar-refractivity contribution in [2.45, 2.75) is 0 Å². The molecule has 220 valence electrons. The van der Waals surface area contributed by atoms with E-state index in [9.17, 15) is 0 Å². The van der Waals surface area contributed by atoms with Gasteiger partial charge in [0, 0.05) is 33.7 Å². The highest BCUT2D eigenvalue weighted by molar-refractivity contribution is 6.12. The summed E-state index contributed by atoms with van der Waals surface area (Å²) >= 11 is 0. The zero-order chi connectivity index (χ0) is 31.2. The highest BCUT2D eigenvalue weighted by Crippen LogP contribution is 2.38. The van der Waals surface area contributed by atoms with Gasteiger partial charge in [0.15, 0.2) is 17.5 Å². The fourth-order valence-electron chi connectivity index (χ4n) is 6.07. The first-order valence-electron chi connectivity index (χ1n) is 15.4. The van der Waals surface area contributed by atoms with Crippen LogP contribution < -0.4 is 0 Å². The molecule has 0 atom stereocenters. The van der Waals surface area contributed by atoms with Crippen LogP contribution in [0.5, 0.6) is 0 Å². The first-order valence-corrected chi connectivity index (χ1v) is 15.4. The van der Waals surface area contributed by atoms with E-state index < -0.39 is 0 Å². The van der Waals surface area contributed by atoms with Crippen molar-refractivity contribution in [3.8, 4) is 56.7 Å². The summed E-state index contributed by atoms with van der Waals surface area (Å²) in [6, 6.07) is 48.8. The van der Waals surface area contributed by atoms with Crippen LogP contribution in [0.15, 0.2) is 156 Å². The van der Waals surface area contributed by atoms with Gasteiger partial charge in [0.1, 0.15) is 16.9 Å². The molecule has 0 saturated carbocycles. The minimum absolute atomic E-state index is 0.614. The van der Waals surface area contributed by atoms with Gasteiger partial charge in [0.05, 0.1) is 16.6 Å². The zero-order valence-electron chi connectivity index (χ0n) is 25.1. The van der Waals surface area contributed by atoms with Crippen LogP contribution in [0.2, 0.25) is 0 Å². The van der Waals surface area contributed by atoms with Gasteiger partial charge in [-0.1, -0.05) is 109 Å². The molecule has 9 aromatic rings. The Morgan fingerprint density at radius 2 is 1.06 bits per heavy atom. The van der Waals surface area contributed by atoms with Gasteiger partial charge >= 0.3 is 0 Å². The minimum atomic E-state index is 0.614. The van der Waals surface area contributed by atoms with Crippen molar-refractivity contribution >= 4 is 32.8 Å². The van der Waals surface area contributed by atoms with Gasteiger partial charge in [-0.25, -0.2) is 19.9 Å². The molecule has 0 aliphatic heterocycles. The first-order chi connectivity index (χ1) is 23.3. The second kappa shape index (κ2) is 11.1. The average molecular weight is 604 g/mol. The molecule has 0 bridgehead atoms. The molecule has 0 radical (unpaired) electrons. The third-order valence-corrected chi connectivity index (χ3v) is 8.38. The molecule has 47 heavy (non-hydrogen) atoms. The maximum atomic E-state index is 6.30. The Bertz CT molecular complexity index is 2520. The Labute approximate surface area is 270 Å². The molecule has 0 amide bonds. The Kier molecular flexibility index (Phi) is 6.35. The smallest absolute Gasteiger partial charge is 0.164 e. The molecular formula is C41H25N5O. The van der Waals surface area contributed by atoms with Crippen molar-refractivity contribution in [1.29, 1.82) is 0 Å². The summed E-state index contributed by atoms with van der Waals surface area (Å²) in [5.74, 6) is 1.88. The number of hydrogen-bond acceptors (Lipinski definition) is 6. The first kappa shape index (κ1) is 26.8. The molecule has 4 aromatic heterocycles. The molecule has 0 unspecified atom stereocenters. The van der Waals surface area contributed by atoms with E-state index in [0.29, 0.717) is 17.5 Å². The maximum Gasteiger partial charge on any atom is 0.164 e. The Morgan fingerprint density at radius 1 is 0.426 bits per heavy atom. The van der Waals surface area contributed by atoms with E-state index in [2.05, 4.69) is 36.4 Å². The Hall–Kier alpha value is -6.53. The van der Waals surface area contributed by atoms with Gasteiger partial charge in [-0.2, -0.15) is 0 Å². The van der Waals surface area contributed by atoms with E-state index >= 15 is 0 Å². The molecular weight excluding hydrogens is 578 g/mol. The number of rotatable bonds is 5. The van der Waals surface area contributed by atoms with Crippen LogP contribution in [-0.2, 0) is 0 Å². The highest BCUT2D eigenvalue weighted by atomic mass is 16.3. The summed E-state index contributed by atoms with van der Waals surface area (Å²) in [5, 5.41) is 3.02. The quantitative estimate of drug-likeness (QED) is 0.195.